The summed E-state index contributed by atoms with van der Waals surface area (Å²) in [6.07, 6.45) is -1.15. The summed E-state index contributed by atoms with van der Waals surface area (Å²) in [5.74, 6) is -4.29. The maximum Gasteiger partial charge on any atom is 0.435 e. The molecule has 13 heteroatoms. The molecule has 2 atom stereocenters. The molecule has 0 bridgehead atoms. The van der Waals surface area contributed by atoms with Crippen molar-refractivity contribution in [3.63, 3.8) is 0 Å². The Labute approximate surface area is 242 Å². The van der Waals surface area contributed by atoms with Gasteiger partial charge in [0.1, 0.15) is 23.5 Å². The zero-order valence-electron chi connectivity index (χ0n) is 22.8. The molecule has 4 rings (SSSR count). The predicted molar refractivity (Wildman–Crippen MR) is 145 cm³/mol. The van der Waals surface area contributed by atoms with Crippen LogP contribution in [0.1, 0.15) is 65.6 Å². The van der Waals surface area contributed by atoms with Crippen molar-refractivity contribution in [2.45, 2.75) is 50.9 Å². The summed E-state index contributed by atoms with van der Waals surface area (Å²) in [5.41, 5.74) is 4.75. The minimum atomic E-state index is -4.72. The molecule has 2 heterocycles. The molecule has 0 spiro atoms. The lowest BCUT2D eigenvalue weighted by molar-refractivity contribution is -0.142. The van der Waals surface area contributed by atoms with Crippen LogP contribution in [0.4, 0.5) is 26.3 Å². The number of rotatable bonds is 11. The van der Waals surface area contributed by atoms with E-state index in [9.17, 15) is 35.9 Å². The number of carbonyl (C=O) groups excluding carboxylic acids is 2. The third-order valence-corrected chi connectivity index (χ3v) is 6.74. The number of benzene rings is 2. The quantitative estimate of drug-likeness (QED) is 0.196. The van der Waals surface area contributed by atoms with Gasteiger partial charge in [-0.2, -0.15) is 18.3 Å². The van der Waals surface area contributed by atoms with Gasteiger partial charge in [0.2, 0.25) is 5.91 Å². The van der Waals surface area contributed by atoms with E-state index >= 15 is 0 Å². The van der Waals surface area contributed by atoms with Gasteiger partial charge in [-0.05, 0) is 60.4 Å². The number of alkyl halides is 3. The molecule has 0 saturated carbocycles. The highest BCUT2D eigenvalue weighted by Gasteiger charge is 2.35. The Morgan fingerprint density at radius 3 is 2.37 bits per heavy atom. The second-order valence-electron chi connectivity index (χ2n) is 9.87. The molecule has 4 aromatic rings. The van der Waals surface area contributed by atoms with Crippen LogP contribution in [0.25, 0.3) is 11.1 Å². The number of amides is 2. The van der Waals surface area contributed by atoms with Crippen molar-refractivity contribution < 1.29 is 35.9 Å². The number of nitrogens with two attached hydrogens (primary N) is 1. The minimum absolute atomic E-state index is 0.150. The first-order valence-electron chi connectivity index (χ1n) is 13.3. The van der Waals surface area contributed by atoms with Gasteiger partial charge in [-0.1, -0.05) is 31.9 Å². The van der Waals surface area contributed by atoms with Crippen molar-refractivity contribution in [1.82, 2.24) is 20.1 Å². The molecule has 0 radical (unpaired) electrons. The molecular weight excluding hydrogens is 576 g/mol. The molecule has 0 saturated heterocycles. The van der Waals surface area contributed by atoms with Gasteiger partial charge in [-0.3, -0.25) is 19.3 Å². The number of hydrogen-bond donors (Lipinski definition) is 2. The number of nitrogens with zero attached hydrogens (tertiary/aromatic N) is 3. The number of unbranched alkanes of at least 4 members (excludes halogenated alkanes) is 1. The predicted octanol–water partition coefficient (Wildman–Crippen LogP) is 6.31. The van der Waals surface area contributed by atoms with Crippen LogP contribution in [0.5, 0.6) is 0 Å². The second kappa shape index (κ2) is 13.1. The van der Waals surface area contributed by atoms with Gasteiger partial charge in [-0.15, -0.1) is 0 Å². The standard InChI is InChI=1S/C30H27F6N5O2/c1-2-3-6-25(41-11-9-26(40-41)30(34,35)36)29(43)39-24(14-17-12-19(31)16-20(32)13-17)27-21(5-4-10-38-27)18-7-8-23(33)22(15-18)28(37)42/h4-5,7-13,15-16,24-25H,2-3,6,14H2,1H3,(H2,37,42)(H,39,43)/t24-,25?/m0/s1. The molecule has 0 fully saturated rings. The highest BCUT2D eigenvalue weighted by Crippen LogP contribution is 2.32. The monoisotopic (exact) mass is 603 g/mol. The van der Waals surface area contributed by atoms with Crippen LogP contribution in [0.2, 0.25) is 0 Å². The van der Waals surface area contributed by atoms with Gasteiger partial charge >= 0.3 is 6.18 Å². The van der Waals surface area contributed by atoms with Crippen LogP contribution < -0.4 is 11.1 Å². The molecule has 2 aromatic heterocycles. The van der Waals surface area contributed by atoms with Crippen LogP contribution in [0.3, 0.4) is 0 Å². The Bertz CT molecular complexity index is 1600. The van der Waals surface area contributed by atoms with Gasteiger partial charge in [0, 0.05) is 24.0 Å². The Hall–Kier alpha value is -4.68. The van der Waals surface area contributed by atoms with Crippen LogP contribution in [0.15, 0.2) is 67.0 Å². The number of halogens is 6. The highest BCUT2D eigenvalue weighted by molar-refractivity contribution is 5.94. The third kappa shape index (κ3) is 7.59. The number of primary amides is 1. The van der Waals surface area contributed by atoms with E-state index in [1.54, 1.807) is 12.1 Å². The largest absolute Gasteiger partial charge is 0.435 e. The van der Waals surface area contributed by atoms with Crippen molar-refractivity contribution >= 4 is 11.8 Å². The maximum atomic E-state index is 14.2. The Balaban J connectivity index is 1.78. The van der Waals surface area contributed by atoms with E-state index < -0.39 is 53.2 Å². The molecule has 2 aromatic carbocycles. The van der Waals surface area contributed by atoms with E-state index in [1.807, 2.05) is 6.92 Å². The molecule has 226 valence electrons. The SMILES string of the molecule is CCCCC(C(=O)N[C@@H](Cc1cc(F)cc(F)c1)c1ncccc1-c1ccc(F)c(C(N)=O)c1)n1ccc(C(F)(F)F)n1. The Morgan fingerprint density at radius 1 is 1.02 bits per heavy atom. The maximum absolute atomic E-state index is 14.2. The molecule has 0 aliphatic carbocycles. The van der Waals surface area contributed by atoms with Crippen LogP contribution in [-0.2, 0) is 17.4 Å². The Morgan fingerprint density at radius 2 is 1.74 bits per heavy atom. The first kappa shape index (κ1) is 31.3. The fraction of sp³-hybridized carbons (Fsp3) is 0.267. The average Bonchev–Trinajstić information content (AvgIpc) is 3.43. The number of hydrogen-bond acceptors (Lipinski definition) is 4. The zero-order valence-corrected chi connectivity index (χ0v) is 22.8. The number of nitrogens with one attached hydrogen (secondary N) is 1. The summed E-state index contributed by atoms with van der Waals surface area (Å²) < 4.78 is 83.2. The van der Waals surface area contributed by atoms with E-state index in [0.717, 1.165) is 35.1 Å². The Kier molecular flexibility index (Phi) is 9.52. The van der Waals surface area contributed by atoms with E-state index in [4.69, 9.17) is 5.73 Å². The minimum Gasteiger partial charge on any atom is -0.366 e. The van der Waals surface area contributed by atoms with Crippen LogP contribution in [0, 0.1) is 17.5 Å². The molecular formula is C30H27F6N5O2. The zero-order chi connectivity index (χ0) is 31.3. The van der Waals surface area contributed by atoms with Crippen LogP contribution >= 0.6 is 0 Å². The molecule has 2 amide bonds. The molecule has 0 aliphatic rings. The van der Waals surface area contributed by atoms with Crippen molar-refractivity contribution in [3.05, 3.63) is 107 Å². The highest BCUT2D eigenvalue weighted by atomic mass is 19.4. The molecule has 3 N–H and O–H groups in total. The summed E-state index contributed by atoms with van der Waals surface area (Å²) in [6, 6.07) is 8.14. The summed E-state index contributed by atoms with van der Waals surface area (Å²) in [4.78, 5) is 29.9. The van der Waals surface area contributed by atoms with Gasteiger partial charge in [0.15, 0.2) is 5.69 Å². The fourth-order valence-corrected chi connectivity index (χ4v) is 4.71. The molecule has 43 heavy (non-hydrogen) atoms. The second-order valence-corrected chi connectivity index (χ2v) is 9.87. The van der Waals surface area contributed by atoms with Crippen molar-refractivity contribution in [2.24, 2.45) is 5.73 Å². The van der Waals surface area contributed by atoms with E-state index in [0.29, 0.717) is 30.0 Å². The van der Waals surface area contributed by atoms with Gasteiger partial charge in [-0.25, -0.2) is 13.2 Å². The lowest BCUT2D eigenvalue weighted by atomic mass is 9.94. The van der Waals surface area contributed by atoms with Crippen molar-refractivity contribution in [2.75, 3.05) is 0 Å². The molecule has 7 nitrogen and oxygen atoms in total. The first-order valence-corrected chi connectivity index (χ1v) is 13.3. The van der Waals surface area contributed by atoms with Crippen LogP contribution in [-0.4, -0.2) is 26.6 Å². The van der Waals surface area contributed by atoms with Gasteiger partial charge in [0.05, 0.1) is 17.3 Å². The average molecular weight is 604 g/mol. The summed E-state index contributed by atoms with van der Waals surface area (Å²) in [7, 11) is 0. The van der Waals surface area contributed by atoms with E-state index in [1.165, 1.54) is 18.3 Å². The number of carbonyl (C=O) groups is 2. The number of pyridine rings is 1. The van der Waals surface area contributed by atoms with Crippen molar-refractivity contribution in [1.29, 1.82) is 0 Å². The lowest BCUT2D eigenvalue weighted by Crippen LogP contribution is -2.37. The topological polar surface area (TPSA) is 103 Å². The van der Waals surface area contributed by atoms with Crippen molar-refractivity contribution in [3.8, 4) is 11.1 Å². The summed E-state index contributed by atoms with van der Waals surface area (Å²) in [5, 5.41) is 6.36. The van der Waals surface area contributed by atoms with Gasteiger partial charge in [0.25, 0.3) is 5.91 Å². The summed E-state index contributed by atoms with van der Waals surface area (Å²) in [6.45, 7) is 1.85. The normalized spacial score (nSPS) is 13.0. The molecule has 1 unspecified atom stereocenters. The van der Waals surface area contributed by atoms with E-state index in [-0.39, 0.29) is 29.7 Å². The van der Waals surface area contributed by atoms with E-state index in [2.05, 4.69) is 15.4 Å². The smallest absolute Gasteiger partial charge is 0.366 e. The fourth-order valence-electron chi connectivity index (χ4n) is 4.71. The molecule has 0 aliphatic heterocycles. The lowest BCUT2D eigenvalue weighted by Gasteiger charge is -2.25. The third-order valence-electron chi connectivity index (χ3n) is 6.74. The number of aromatic nitrogens is 3. The summed E-state index contributed by atoms with van der Waals surface area (Å²) >= 11 is 0. The first-order chi connectivity index (χ1) is 20.4. The van der Waals surface area contributed by atoms with Gasteiger partial charge < -0.3 is 11.1 Å².